The molecule has 0 radical (unpaired) electrons. The van der Waals surface area contributed by atoms with Gasteiger partial charge in [0, 0.05) is 0 Å². The number of aliphatic imine (C=N–C) groups is 1. The fourth-order valence-corrected chi connectivity index (χ4v) is 29.1. The Bertz CT molecular complexity index is 161. The molecule has 0 amide bonds. The summed E-state index contributed by atoms with van der Waals surface area (Å²) >= 11 is 0. The van der Waals surface area contributed by atoms with Gasteiger partial charge in [-0.15, -0.1) is 44.6 Å². The zero-order chi connectivity index (χ0) is 11.6. The molecule has 10 heteroatoms. The largest absolute Gasteiger partial charge is 0.234 e. The summed E-state index contributed by atoms with van der Waals surface area (Å²) in [5.41, 5.74) is 0. The third-order valence-electron chi connectivity index (χ3n) is 0.873. The van der Waals surface area contributed by atoms with Gasteiger partial charge in [-0.1, -0.05) is 6.92 Å². The van der Waals surface area contributed by atoms with Crippen molar-refractivity contribution in [1.82, 2.24) is 0 Å². The molecule has 0 aliphatic rings. The molecule has 0 aromatic carbocycles. The Balaban J connectivity index is 0. The van der Waals surface area contributed by atoms with Gasteiger partial charge in [-0.2, -0.15) is 0 Å². The maximum atomic E-state index is 9.27. The fraction of sp³-hybridized carbons (Fsp3) is 0.750. The van der Waals surface area contributed by atoms with E-state index in [0.29, 0.717) is 6.54 Å². The first-order valence-electron chi connectivity index (χ1n) is 3.64. The van der Waals surface area contributed by atoms with Crippen molar-refractivity contribution in [2.24, 2.45) is 4.99 Å². The Morgan fingerprint density at radius 1 is 1.14 bits per heavy atom. The van der Waals surface area contributed by atoms with Gasteiger partial charge in [0.25, 0.3) is 0 Å². The number of nitrogens with zero attached hydrogens (tertiary/aromatic N) is 1. The average Bonchev–Trinajstić information content (AvgIpc) is 2.14. The second-order valence-electron chi connectivity index (χ2n) is 2.05. The van der Waals surface area contributed by atoms with Crippen molar-refractivity contribution in [3.05, 3.63) is 0 Å². The Morgan fingerprint density at radius 3 is 1.64 bits per heavy atom. The number of rotatable bonds is 4. The van der Waals surface area contributed by atoms with Gasteiger partial charge in [-0.3, -0.25) is 0 Å². The van der Waals surface area contributed by atoms with E-state index in [4.69, 9.17) is 0 Å². The van der Waals surface area contributed by atoms with Crippen molar-refractivity contribution in [3.8, 4) is 0 Å². The molecule has 0 fully saturated rings. The molecule has 84 valence electrons. The Kier molecular flexibility index (Phi) is 19.0. The normalized spacial score (nSPS) is 9.79. The second kappa shape index (κ2) is 13.9. The highest BCUT2D eigenvalue weighted by atomic mass is 33.1. The van der Waals surface area contributed by atoms with Crippen LogP contribution in [0.3, 0.4) is 0 Å². The van der Waals surface area contributed by atoms with Crippen molar-refractivity contribution < 1.29 is 4.79 Å². The second-order valence-corrected chi connectivity index (χ2v) is 30.1. The van der Waals surface area contributed by atoms with Crippen LogP contribution in [-0.4, -0.2) is 12.6 Å². The van der Waals surface area contributed by atoms with E-state index in [0.717, 1.165) is 6.42 Å². The molecule has 0 aliphatic heterocycles. The minimum absolute atomic E-state index is 0.147. The fourth-order valence-electron chi connectivity index (χ4n) is 0.277. The van der Waals surface area contributed by atoms with E-state index in [-0.39, 0.29) is 21.0 Å². The number of isocyanates is 1. The Morgan fingerprint density at radius 2 is 1.57 bits per heavy atom. The lowest BCUT2D eigenvalue weighted by Gasteiger charge is -2.18. The predicted molar refractivity (Wildman–Crippen MR) is 92.6 cm³/mol. The molecule has 0 N–H and O–H groups in total. The summed E-state index contributed by atoms with van der Waals surface area (Å²) in [5, 5.41) is 0. The molecule has 5 unspecified atom stereocenters. The van der Waals surface area contributed by atoms with Crippen LogP contribution in [0, 0.1) is 0 Å². The first kappa shape index (κ1) is 19.2. The lowest BCUT2D eigenvalue weighted by Crippen LogP contribution is -1.69. The highest BCUT2D eigenvalue weighted by molar-refractivity contribution is 9.06. The smallest absolute Gasteiger partial charge is 0.211 e. The number of hydrogen-bond acceptors (Lipinski definition) is 2. The summed E-state index contributed by atoms with van der Waals surface area (Å²) < 4.78 is 0. The van der Waals surface area contributed by atoms with Crippen LogP contribution in [0.4, 0.5) is 0 Å². The third-order valence-corrected chi connectivity index (χ3v) is 38.7. The van der Waals surface area contributed by atoms with Gasteiger partial charge in [-0.25, -0.2) is 9.79 Å². The first-order chi connectivity index (χ1) is 6.47. The highest BCUT2D eigenvalue weighted by Crippen LogP contribution is 3.00. The van der Waals surface area contributed by atoms with Gasteiger partial charge >= 0.3 is 0 Å². The van der Waals surface area contributed by atoms with Crippen molar-refractivity contribution in [3.63, 3.8) is 0 Å². The van der Waals surface area contributed by atoms with E-state index >= 15 is 0 Å². The monoisotopic (exact) mass is 343 g/mol. The summed E-state index contributed by atoms with van der Waals surface area (Å²) in [4.78, 5) is 12.6. The molecule has 14 heavy (non-hydrogen) atoms. The predicted octanol–water partition coefficient (Wildman–Crippen LogP) is 4.94. The van der Waals surface area contributed by atoms with E-state index in [1.165, 1.54) is 6.08 Å². The number of carbonyl (C=O) groups excluding carboxylic acids is 1. The minimum atomic E-state index is 0.147. The average molecular weight is 343 g/mol. The zero-order valence-electron chi connectivity index (χ0n) is 8.00. The van der Waals surface area contributed by atoms with Gasteiger partial charge in [0.15, 0.2) is 0 Å². The third kappa shape index (κ3) is 14.8. The summed E-state index contributed by atoms with van der Waals surface area (Å²) in [6.45, 7) is 3.07. The van der Waals surface area contributed by atoms with Gasteiger partial charge in [0.1, 0.15) is 0 Å². The Labute approximate surface area is 101 Å². The molecule has 0 bridgehead atoms. The van der Waals surface area contributed by atoms with E-state index in [1.807, 2.05) is 6.92 Å². The van der Waals surface area contributed by atoms with Crippen molar-refractivity contribution >= 4 is 71.7 Å². The van der Waals surface area contributed by atoms with Gasteiger partial charge in [-0.05, 0) is 27.4 Å². The SMILES string of the molecule is CCCN=C=O.PP(P)P(P)P(P)P. The van der Waals surface area contributed by atoms with Crippen LogP contribution in [0.1, 0.15) is 13.3 Å². The van der Waals surface area contributed by atoms with Crippen molar-refractivity contribution in [1.29, 1.82) is 0 Å². The molecular formula is C4H17NOP8. The van der Waals surface area contributed by atoms with Crippen LogP contribution < -0.4 is 0 Å². The van der Waals surface area contributed by atoms with Crippen molar-refractivity contribution in [2.75, 3.05) is 6.54 Å². The first-order valence-corrected chi connectivity index (χ1v) is 17.2. The molecule has 0 aromatic rings. The molecule has 0 rings (SSSR count). The van der Waals surface area contributed by atoms with Gasteiger partial charge < -0.3 is 0 Å². The molecule has 0 spiro atoms. The van der Waals surface area contributed by atoms with Gasteiger partial charge in [0.2, 0.25) is 6.08 Å². The maximum Gasteiger partial charge on any atom is 0.234 e. The lowest BCUT2D eigenvalue weighted by molar-refractivity contribution is 0.562. The lowest BCUT2D eigenvalue weighted by atomic mass is 10.5. The standard InChI is InChI=1S/C4H7NO.H10P8/c1-2-3-5-4-6;1-6(2)8(5)7(3)4/h2-3H2,1H3;1-5H2. The van der Waals surface area contributed by atoms with E-state index in [1.54, 1.807) is 0 Å². The van der Waals surface area contributed by atoms with E-state index in [9.17, 15) is 4.79 Å². The van der Waals surface area contributed by atoms with Gasteiger partial charge in [0.05, 0.1) is 6.54 Å². The quantitative estimate of drug-likeness (QED) is 0.404. The van der Waals surface area contributed by atoms with Crippen LogP contribution in [0.25, 0.3) is 0 Å². The zero-order valence-corrected chi connectivity index (χ0v) is 16.5. The number of hydrogen-bond donors (Lipinski definition) is 0. The molecule has 0 saturated carbocycles. The van der Waals surface area contributed by atoms with E-state index in [2.05, 4.69) is 49.6 Å². The summed E-state index contributed by atoms with van der Waals surface area (Å²) in [6, 6.07) is 0. The molecule has 0 heterocycles. The molecule has 2 nitrogen and oxygen atoms in total. The topological polar surface area (TPSA) is 29.4 Å². The van der Waals surface area contributed by atoms with Crippen molar-refractivity contribution in [2.45, 2.75) is 13.3 Å². The van der Waals surface area contributed by atoms with Crippen LogP contribution >= 0.6 is 65.6 Å². The maximum absolute atomic E-state index is 9.27. The molecule has 5 atom stereocenters. The van der Waals surface area contributed by atoms with Crippen LogP contribution in [0.5, 0.6) is 0 Å². The highest BCUT2D eigenvalue weighted by Gasteiger charge is 2.09. The minimum Gasteiger partial charge on any atom is -0.211 e. The Hall–Kier alpha value is 2.82. The molecule has 0 aliphatic carbocycles. The molecule has 0 saturated heterocycles. The molecule has 0 aromatic heterocycles. The van der Waals surface area contributed by atoms with E-state index < -0.39 is 0 Å². The molecular weight excluding hydrogens is 326 g/mol. The van der Waals surface area contributed by atoms with Crippen LogP contribution in [-0.2, 0) is 4.79 Å². The summed E-state index contributed by atoms with van der Waals surface area (Å²) in [6.07, 6.45) is 2.37. The summed E-state index contributed by atoms with van der Waals surface area (Å²) in [7, 11) is 14.4. The van der Waals surface area contributed by atoms with Crippen LogP contribution in [0.2, 0.25) is 0 Å². The van der Waals surface area contributed by atoms with Crippen LogP contribution in [0.15, 0.2) is 4.99 Å². The summed E-state index contributed by atoms with van der Waals surface area (Å²) in [5.74, 6) is 0.